The molecule has 1 aliphatic rings. The molecule has 0 radical (unpaired) electrons. The van der Waals surface area contributed by atoms with Crippen LogP contribution in [0.2, 0.25) is 0 Å². The number of rotatable bonds is 3. The molecular formula is C14H20FN. The van der Waals surface area contributed by atoms with Gasteiger partial charge < -0.3 is 5.32 Å². The smallest absolute Gasteiger partial charge is 0.123 e. The molecule has 2 atom stereocenters. The maximum Gasteiger partial charge on any atom is 0.123 e. The normalized spacial score (nSPS) is 25.6. The zero-order valence-electron chi connectivity index (χ0n) is 9.88. The summed E-state index contributed by atoms with van der Waals surface area (Å²) in [6.07, 6.45) is 5.27. The molecule has 0 heterocycles. The lowest BCUT2D eigenvalue weighted by Crippen LogP contribution is -2.33. The zero-order chi connectivity index (χ0) is 11.4. The highest BCUT2D eigenvalue weighted by Crippen LogP contribution is 2.23. The quantitative estimate of drug-likeness (QED) is 0.823. The average Bonchev–Trinajstić information content (AvgIpc) is 2.28. The lowest BCUT2D eigenvalue weighted by atomic mass is 9.87. The number of hydrogen-bond acceptors (Lipinski definition) is 1. The molecule has 1 nitrogen and oxygen atoms in total. The standard InChI is InChI=1S/C14H20FN/c1-11-3-2-4-14(9-11)16-10-12-5-7-13(15)8-6-12/h5-8,11,14,16H,2-4,9-10H2,1H3. The third kappa shape index (κ3) is 3.31. The van der Waals surface area contributed by atoms with E-state index >= 15 is 0 Å². The fourth-order valence-corrected chi connectivity index (χ4v) is 2.48. The predicted octanol–water partition coefficient (Wildman–Crippen LogP) is 3.49. The van der Waals surface area contributed by atoms with Gasteiger partial charge in [0.25, 0.3) is 0 Å². The van der Waals surface area contributed by atoms with Crippen molar-refractivity contribution in [3.8, 4) is 0 Å². The predicted molar refractivity (Wildman–Crippen MR) is 64.7 cm³/mol. The number of hydrogen-bond donors (Lipinski definition) is 1. The summed E-state index contributed by atoms with van der Waals surface area (Å²) in [7, 11) is 0. The molecule has 2 rings (SSSR count). The Morgan fingerprint density at radius 3 is 2.69 bits per heavy atom. The van der Waals surface area contributed by atoms with Gasteiger partial charge >= 0.3 is 0 Å². The third-order valence-corrected chi connectivity index (χ3v) is 3.44. The third-order valence-electron chi connectivity index (χ3n) is 3.44. The summed E-state index contributed by atoms with van der Waals surface area (Å²) in [5.74, 6) is 0.689. The summed E-state index contributed by atoms with van der Waals surface area (Å²) in [6, 6.07) is 7.42. The average molecular weight is 221 g/mol. The van der Waals surface area contributed by atoms with Crippen LogP contribution in [0.5, 0.6) is 0 Å². The van der Waals surface area contributed by atoms with Crippen molar-refractivity contribution in [1.82, 2.24) is 5.32 Å². The Kier molecular flexibility index (Phi) is 3.94. The van der Waals surface area contributed by atoms with Crippen molar-refractivity contribution in [3.05, 3.63) is 35.6 Å². The molecule has 88 valence electrons. The van der Waals surface area contributed by atoms with Gasteiger partial charge in [-0.05, 0) is 36.5 Å². The molecule has 1 N–H and O–H groups in total. The number of nitrogens with one attached hydrogen (secondary N) is 1. The van der Waals surface area contributed by atoms with Crippen LogP contribution in [0.3, 0.4) is 0 Å². The maximum atomic E-state index is 12.7. The summed E-state index contributed by atoms with van der Waals surface area (Å²) >= 11 is 0. The van der Waals surface area contributed by atoms with E-state index in [1.165, 1.54) is 43.4 Å². The molecule has 0 aromatic heterocycles. The van der Waals surface area contributed by atoms with E-state index in [4.69, 9.17) is 0 Å². The summed E-state index contributed by atoms with van der Waals surface area (Å²) < 4.78 is 12.7. The highest BCUT2D eigenvalue weighted by Gasteiger charge is 2.17. The second-order valence-electron chi connectivity index (χ2n) is 4.98. The van der Waals surface area contributed by atoms with Crippen LogP contribution in [0.15, 0.2) is 24.3 Å². The van der Waals surface area contributed by atoms with Crippen molar-refractivity contribution in [2.24, 2.45) is 5.92 Å². The first kappa shape index (κ1) is 11.6. The van der Waals surface area contributed by atoms with E-state index < -0.39 is 0 Å². The van der Waals surface area contributed by atoms with Gasteiger partial charge in [0.05, 0.1) is 0 Å². The molecular weight excluding hydrogens is 201 g/mol. The zero-order valence-corrected chi connectivity index (χ0v) is 9.88. The minimum absolute atomic E-state index is 0.157. The van der Waals surface area contributed by atoms with E-state index in [0.717, 1.165) is 12.5 Å². The van der Waals surface area contributed by atoms with Crippen molar-refractivity contribution in [2.45, 2.75) is 45.2 Å². The molecule has 1 saturated carbocycles. The van der Waals surface area contributed by atoms with E-state index in [1.807, 2.05) is 12.1 Å². The van der Waals surface area contributed by atoms with Crippen molar-refractivity contribution >= 4 is 0 Å². The Morgan fingerprint density at radius 2 is 2.00 bits per heavy atom. The molecule has 2 heteroatoms. The largest absolute Gasteiger partial charge is 0.310 e. The monoisotopic (exact) mass is 221 g/mol. The first-order valence-electron chi connectivity index (χ1n) is 6.22. The summed E-state index contributed by atoms with van der Waals surface area (Å²) in [4.78, 5) is 0. The summed E-state index contributed by atoms with van der Waals surface area (Å²) in [6.45, 7) is 3.18. The molecule has 1 fully saturated rings. The van der Waals surface area contributed by atoms with Crippen molar-refractivity contribution in [1.29, 1.82) is 0 Å². The van der Waals surface area contributed by atoms with E-state index in [9.17, 15) is 4.39 Å². The van der Waals surface area contributed by atoms with Gasteiger partial charge in [0.2, 0.25) is 0 Å². The van der Waals surface area contributed by atoms with Crippen LogP contribution < -0.4 is 5.32 Å². The Bertz CT molecular complexity index is 320. The van der Waals surface area contributed by atoms with E-state index in [1.54, 1.807) is 0 Å². The molecule has 1 aliphatic carbocycles. The van der Waals surface area contributed by atoms with Crippen LogP contribution in [0.1, 0.15) is 38.2 Å². The Labute approximate surface area is 97.1 Å². The Balaban J connectivity index is 1.80. The molecule has 1 aromatic carbocycles. The van der Waals surface area contributed by atoms with Crippen LogP contribution in [-0.4, -0.2) is 6.04 Å². The van der Waals surface area contributed by atoms with Gasteiger partial charge in [-0.3, -0.25) is 0 Å². The van der Waals surface area contributed by atoms with Crippen LogP contribution >= 0.6 is 0 Å². The fourth-order valence-electron chi connectivity index (χ4n) is 2.48. The van der Waals surface area contributed by atoms with E-state index in [2.05, 4.69) is 12.2 Å². The molecule has 1 aromatic rings. The van der Waals surface area contributed by atoms with Crippen LogP contribution in [-0.2, 0) is 6.54 Å². The van der Waals surface area contributed by atoms with Crippen LogP contribution in [0, 0.1) is 11.7 Å². The number of benzene rings is 1. The van der Waals surface area contributed by atoms with Gasteiger partial charge in [0.15, 0.2) is 0 Å². The first-order chi connectivity index (χ1) is 7.74. The molecule has 0 amide bonds. The summed E-state index contributed by atoms with van der Waals surface area (Å²) in [5.41, 5.74) is 1.17. The van der Waals surface area contributed by atoms with Crippen molar-refractivity contribution in [3.63, 3.8) is 0 Å². The summed E-state index contributed by atoms with van der Waals surface area (Å²) in [5, 5.41) is 3.57. The van der Waals surface area contributed by atoms with Gasteiger partial charge in [0, 0.05) is 12.6 Å². The second-order valence-corrected chi connectivity index (χ2v) is 4.98. The molecule has 2 unspecified atom stereocenters. The van der Waals surface area contributed by atoms with E-state index in [0.29, 0.717) is 6.04 Å². The molecule has 0 aliphatic heterocycles. The fraction of sp³-hybridized carbons (Fsp3) is 0.571. The topological polar surface area (TPSA) is 12.0 Å². The van der Waals surface area contributed by atoms with E-state index in [-0.39, 0.29) is 5.82 Å². The SMILES string of the molecule is CC1CCCC(NCc2ccc(F)cc2)C1. The lowest BCUT2D eigenvalue weighted by Gasteiger charge is -2.27. The van der Waals surface area contributed by atoms with Crippen molar-refractivity contribution < 1.29 is 4.39 Å². The minimum Gasteiger partial charge on any atom is -0.310 e. The van der Waals surface area contributed by atoms with Gasteiger partial charge in [0.1, 0.15) is 5.82 Å². The molecule has 16 heavy (non-hydrogen) atoms. The highest BCUT2D eigenvalue weighted by molar-refractivity contribution is 5.15. The Morgan fingerprint density at radius 1 is 1.25 bits per heavy atom. The molecule has 0 bridgehead atoms. The lowest BCUT2D eigenvalue weighted by molar-refractivity contribution is 0.300. The van der Waals surface area contributed by atoms with Gasteiger partial charge in [-0.2, -0.15) is 0 Å². The minimum atomic E-state index is -0.157. The highest BCUT2D eigenvalue weighted by atomic mass is 19.1. The number of halogens is 1. The maximum absolute atomic E-state index is 12.7. The van der Waals surface area contributed by atoms with Crippen LogP contribution in [0.4, 0.5) is 4.39 Å². The first-order valence-corrected chi connectivity index (χ1v) is 6.22. The Hall–Kier alpha value is -0.890. The second kappa shape index (κ2) is 5.44. The van der Waals surface area contributed by atoms with Gasteiger partial charge in [-0.15, -0.1) is 0 Å². The van der Waals surface area contributed by atoms with Gasteiger partial charge in [-0.25, -0.2) is 4.39 Å². The van der Waals surface area contributed by atoms with Crippen LogP contribution in [0.25, 0.3) is 0 Å². The molecule has 0 saturated heterocycles. The van der Waals surface area contributed by atoms with Gasteiger partial charge in [-0.1, -0.05) is 31.9 Å². The molecule has 0 spiro atoms. The van der Waals surface area contributed by atoms with Crippen molar-refractivity contribution in [2.75, 3.05) is 0 Å².